The zero-order valence-corrected chi connectivity index (χ0v) is 12.1. The van der Waals surface area contributed by atoms with Crippen molar-refractivity contribution in [3.8, 4) is 0 Å². The van der Waals surface area contributed by atoms with Crippen molar-refractivity contribution in [3.05, 3.63) is 29.3 Å². The number of carbonyl (C=O) groups is 1. The summed E-state index contributed by atoms with van der Waals surface area (Å²) in [6, 6.07) is 4.59. The van der Waals surface area contributed by atoms with Gasteiger partial charge < -0.3 is 11.1 Å². The van der Waals surface area contributed by atoms with Gasteiger partial charge in [-0.2, -0.15) is 13.2 Å². The van der Waals surface area contributed by atoms with Crippen LogP contribution in [-0.4, -0.2) is 23.2 Å². The van der Waals surface area contributed by atoms with E-state index in [2.05, 4.69) is 5.32 Å². The topological polar surface area (TPSA) is 55.1 Å². The van der Waals surface area contributed by atoms with Crippen molar-refractivity contribution < 1.29 is 18.0 Å². The molecule has 112 valence electrons. The molecule has 3 N–H and O–H groups in total. The average Bonchev–Trinajstić information content (AvgIpc) is 2.32. The molecular weight excluding hydrogens is 289 g/mol. The van der Waals surface area contributed by atoms with Crippen LogP contribution in [0.25, 0.3) is 0 Å². The van der Waals surface area contributed by atoms with E-state index < -0.39 is 17.5 Å². The van der Waals surface area contributed by atoms with Crippen LogP contribution in [0.5, 0.6) is 0 Å². The first-order valence-corrected chi connectivity index (χ1v) is 7.02. The highest BCUT2D eigenvalue weighted by Gasteiger charge is 2.28. The SMILES string of the molecule is Cc1cccc(C)c1NC(=O)[C@@H](N)CCSC(F)(F)F. The molecule has 1 aromatic carbocycles. The summed E-state index contributed by atoms with van der Waals surface area (Å²) in [7, 11) is 0. The van der Waals surface area contributed by atoms with Crippen molar-refractivity contribution in [2.24, 2.45) is 5.73 Å². The Morgan fingerprint density at radius 1 is 1.35 bits per heavy atom. The van der Waals surface area contributed by atoms with Gasteiger partial charge in [-0.1, -0.05) is 30.0 Å². The van der Waals surface area contributed by atoms with Gasteiger partial charge in [-0.25, -0.2) is 0 Å². The summed E-state index contributed by atoms with van der Waals surface area (Å²) in [5.74, 6) is -0.699. The van der Waals surface area contributed by atoms with Crippen molar-refractivity contribution in [1.82, 2.24) is 0 Å². The second-order valence-corrected chi connectivity index (χ2v) is 5.61. The molecule has 0 spiro atoms. The predicted molar refractivity (Wildman–Crippen MR) is 75.7 cm³/mol. The molecule has 7 heteroatoms. The number of thioether (sulfide) groups is 1. The van der Waals surface area contributed by atoms with E-state index in [-0.39, 0.29) is 23.9 Å². The van der Waals surface area contributed by atoms with Crippen LogP contribution >= 0.6 is 11.8 Å². The Morgan fingerprint density at radius 2 is 1.90 bits per heavy atom. The van der Waals surface area contributed by atoms with Crippen LogP contribution < -0.4 is 11.1 Å². The van der Waals surface area contributed by atoms with E-state index in [0.29, 0.717) is 5.69 Å². The molecule has 0 aliphatic rings. The zero-order valence-electron chi connectivity index (χ0n) is 11.3. The number of benzene rings is 1. The van der Waals surface area contributed by atoms with Crippen LogP contribution in [0, 0.1) is 13.8 Å². The molecule has 0 fully saturated rings. The fraction of sp³-hybridized carbons (Fsp3) is 0.462. The van der Waals surface area contributed by atoms with E-state index in [4.69, 9.17) is 5.73 Å². The monoisotopic (exact) mass is 306 g/mol. The summed E-state index contributed by atoms with van der Waals surface area (Å²) < 4.78 is 35.9. The van der Waals surface area contributed by atoms with Gasteiger partial charge in [0.05, 0.1) is 6.04 Å². The van der Waals surface area contributed by atoms with Crippen LogP contribution in [0.4, 0.5) is 18.9 Å². The van der Waals surface area contributed by atoms with Gasteiger partial charge >= 0.3 is 5.51 Å². The molecule has 1 aromatic rings. The predicted octanol–water partition coefficient (Wildman–Crippen LogP) is 3.21. The minimum absolute atomic E-state index is 0.0268. The molecule has 0 unspecified atom stereocenters. The number of nitrogens with one attached hydrogen (secondary N) is 1. The van der Waals surface area contributed by atoms with Gasteiger partial charge in [0, 0.05) is 11.4 Å². The molecule has 0 aliphatic carbocycles. The highest BCUT2D eigenvalue weighted by Crippen LogP contribution is 2.30. The van der Waals surface area contributed by atoms with E-state index in [0.717, 1.165) is 11.1 Å². The second kappa shape index (κ2) is 6.99. The average molecular weight is 306 g/mol. The largest absolute Gasteiger partial charge is 0.441 e. The Morgan fingerprint density at radius 3 is 2.40 bits per heavy atom. The summed E-state index contributed by atoms with van der Waals surface area (Å²) in [5, 5.41) is 2.67. The fourth-order valence-corrected chi connectivity index (χ4v) is 2.26. The first-order chi connectivity index (χ1) is 9.20. The van der Waals surface area contributed by atoms with Gasteiger partial charge in [-0.05, 0) is 31.4 Å². The van der Waals surface area contributed by atoms with Crippen molar-refractivity contribution in [2.75, 3.05) is 11.1 Å². The Labute approximate surface area is 120 Å². The molecule has 1 rings (SSSR count). The van der Waals surface area contributed by atoms with Crippen molar-refractivity contribution >= 4 is 23.4 Å². The molecule has 0 bridgehead atoms. The van der Waals surface area contributed by atoms with E-state index in [1.165, 1.54) is 0 Å². The number of hydrogen-bond donors (Lipinski definition) is 2. The Balaban J connectivity index is 2.54. The minimum Gasteiger partial charge on any atom is -0.324 e. The number of rotatable bonds is 5. The van der Waals surface area contributed by atoms with Gasteiger partial charge in [0.1, 0.15) is 0 Å². The molecule has 0 saturated heterocycles. The Kier molecular flexibility index (Phi) is 5.88. The van der Waals surface area contributed by atoms with E-state index in [1.807, 2.05) is 32.0 Å². The third kappa shape index (κ3) is 5.42. The molecule has 0 radical (unpaired) electrons. The minimum atomic E-state index is -4.29. The maximum absolute atomic E-state index is 12.0. The number of anilines is 1. The molecule has 1 amide bonds. The number of alkyl halides is 3. The van der Waals surface area contributed by atoms with Crippen LogP contribution in [0.1, 0.15) is 17.5 Å². The van der Waals surface area contributed by atoms with Gasteiger partial charge in [-0.3, -0.25) is 4.79 Å². The number of carbonyl (C=O) groups excluding carboxylic acids is 1. The summed E-state index contributed by atoms with van der Waals surface area (Å²) >= 11 is -0.168. The van der Waals surface area contributed by atoms with Gasteiger partial charge in [0.2, 0.25) is 5.91 Å². The molecule has 0 aromatic heterocycles. The highest BCUT2D eigenvalue weighted by molar-refractivity contribution is 8.00. The van der Waals surface area contributed by atoms with E-state index in [9.17, 15) is 18.0 Å². The smallest absolute Gasteiger partial charge is 0.324 e. The Hall–Kier alpha value is -1.21. The number of hydrogen-bond acceptors (Lipinski definition) is 3. The fourth-order valence-electron chi connectivity index (χ4n) is 1.66. The maximum atomic E-state index is 12.0. The third-order valence-corrected chi connectivity index (χ3v) is 3.53. The Bertz CT molecular complexity index is 457. The lowest BCUT2D eigenvalue weighted by molar-refractivity contribution is -0.117. The molecule has 20 heavy (non-hydrogen) atoms. The quantitative estimate of drug-likeness (QED) is 0.878. The third-order valence-electron chi connectivity index (χ3n) is 2.76. The summed E-state index contributed by atoms with van der Waals surface area (Å²) in [4.78, 5) is 11.8. The van der Waals surface area contributed by atoms with Crippen molar-refractivity contribution in [3.63, 3.8) is 0 Å². The van der Waals surface area contributed by atoms with Gasteiger partial charge in [0.15, 0.2) is 0 Å². The van der Waals surface area contributed by atoms with Crippen molar-refractivity contribution in [2.45, 2.75) is 31.8 Å². The first-order valence-electron chi connectivity index (χ1n) is 6.04. The lowest BCUT2D eigenvalue weighted by Gasteiger charge is -2.15. The molecule has 0 aliphatic heterocycles. The standard InChI is InChI=1S/C13H17F3N2OS/c1-8-4-3-5-9(2)11(8)18-12(19)10(17)6-7-20-13(14,15)16/h3-5,10H,6-7,17H2,1-2H3,(H,18,19)/t10-/m0/s1. The highest BCUT2D eigenvalue weighted by atomic mass is 32.2. The molecular formula is C13H17F3N2OS. The lowest BCUT2D eigenvalue weighted by Crippen LogP contribution is -2.36. The number of nitrogens with two attached hydrogens (primary N) is 1. The zero-order chi connectivity index (χ0) is 15.3. The molecule has 0 saturated carbocycles. The van der Waals surface area contributed by atoms with E-state index >= 15 is 0 Å². The van der Waals surface area contributed by atoms with Crippen LogP contribution in [-0.2, 0) is 4.79 Å². The number of aryl methyl sites for hydroxylation is 2. The second-order valence-electron chi connectivity index (χ2n) is 4.45. The summed E-state index contributed by atoms with van der Waals surface area (Å²) in [6.45, 7) is 3.68. The van der Waals surface area contributed by atoms with Crippen LogP contribution in [0.15, 0.2) is 18.2 Å². The van der Waals surface area contributed by atoms with Crippen molar-refractivity contribution in [1.29, 1.82) is 0 Å². The number of halogens is 3. The van der Waals surface area contributed by atoms with Gasteiger partial charge in [-0.15, -0.1) is 0 Å². The molecule has 1 atom stereocenters. The molecule has 0 heterocycles. The maximum Gasteiger partial charge on any atom is 0.441 e. The lowest BCUT2D eigenvalue weighted by atomic mass is 10.1. The van der Waals surface area contributed by atoms with Crippen LogP contribution in [0.3, 0.4) is 0 Å². The first kappa shape index (κ1) is 16.8. The number of amides is 1. The van der Waals surface area contributed by atoms with Crippen LogP contribution in [0.2, 0.25) is 0 Å². The summed E-state index contributed by atoms with van der Waals surface area (Å²) in [6.07, 6.45) is -0.0268. The normalized spacial score (nSPS) is 13.1. The molecule has 3 nitrogen and oxygen atoms in total. The van der Waals surface area contributed by atoms with Gasteiger partial charge in [0.25, 0.3) is 0 Å². The summed E-state index contributed by atoms with van der Waals surface area (Å²) in [5.41, 5.74) is 3.75. The van der Waals surface area contributed by atoms with E-state index in [1.54, 1.807) is 0 Å². The number of para-hydroxylation sites is 1.